The molecule has 6 heteroatoms. The first-order valence-electron chi connectivity index (χ1n) is 10.9. The van der Waals surface area contributed by atoms with Gasteiger partial charge in [-0.2, -0.15) is 0 Å². The number of ether oxygens (including phenoxy) is 1. The fraction of sp³-hybridized carbons (Fsp3) is 0.259. The summed E-state index contributed by atoms with van der Waals surface area (Å²) in [5, 5.41) is 9.63. The number of aryl methyl sites for hydroxylation is 1. The molecule has 3 unspecified atom stereocenters. The zero-order valence-electron chi connectivity index (χ0n) is 18.6. The van der Waals surface area contributed by atoms with Crippen LogP contribution in [-0.4, -0.2) is 17.0 Å². The van der Waals surface area contributed by atoms with Gasteiger partial charge in [-0.05, 0) is 67.3 Å². The normalized spacial score (nSPS) is 18.5. The average Bonchev–Trinajstić information content (AvgIpc) is 2.79. The third-order valence-electron chi connectivity index (χ3n) is 6.05. The van der Waals surface area contributed by atoms with Crippen LogP contribution in [-0.2, 0) is 14.3 Å². The largest absolute Gasteiger partial charge is 0.508 e. The van der Waals surface area contributed by atoms with E-state index in [1.807, 2.05) is 31.2 Å². The maximum atomic E-state index is 13.4. The van der Waals surface area contributed by atoms with Crippen molar-refractivity contribution >= 4 is 17.6 Å². The lowest BCUT2D eigenvalue weighted by Crippen LogP contribution is -2.55. The summed E-state index contributed by atoms with van der Waals surface area (Å²) in [6.45, 7) is 3.35. The van der Waals surface area contributed by atoms with Crippen molar-refractivity contribution in [3.05, 3.63) is 95.3 Å². The molecule has 3 atom stereocenters. The molecule has 0 spiro atoms. The number of esters is 1. The predicted octanol–water partition coefficient (Wildman–Crippen LogP) is 5.63. The molecule has 170 valence electrons. The highest BCUT2D eigenvalue weighted by molar-refractivity contribution is 6.03. The second-order valence-corrected chi connectivity index (χ2v) is 8.41. The molecule has 1 aliphatic rings. The van der Waals surface area contributed by atoms with Gasteiger partial charge in [0.05, 0.1) is 12.0 Å². The van der Waals surface area contributed by atoms with E-state index in [0.717, 1.165) is 16.8 Å². The fourth-order valence-corrected chi connectivity index (χ4v) is 4.38. The first kappa shape index (κ1) is 22.5. The molecular weight excluding hydrogens is 421 g/mol. The third kappa shape index (κ3) is 4.90. The van der Waals surface area contributed by atoms with E-state index in [1.54, 1.807) is 41.3 Å². The van der Waals surface area contributed by atoms with Crippen molar-refractivity contribution in [3.63, 3.8) is 0 Å². The molecule has 1 N–H and O–H groups in total. The van der Waals surface area contributed by atoms with Crippen LogP contribution in [0.15, 0.2) is 72.8 Å². The van der Waals surface area contributed by atoms with Crippen molar-refractivity contribution in [1.82, 2.24) is 0 Å². The minimum atomic E-state index is -0.558. The molecule has 5 nitrogen and oxygen atoms in total. The van der Waals surface area contributed by atoms with E-state index in [1.165, 1.54) is 19.1 Å². The predicted molar refractivity (Wildman–Crippen MR) is 123 cm³/mol. The van der Waals surface area contributed by atoms with Gasteiger partial charge in [-0.1, -0.05) is 42.0 Å². The number of rotatable bonds is 7. The highest BCUT2D eigenvalue weighted by Gasteiger charge is 2.48. The molecule has 3 aromatic rings. The summed E-state index contributed by atoms with van der Waals surface area (Å²) in [5.74, 6) is -0.964. The summed E-state index contributed by atoms with van der Waals surface area (Å²) >= 11 is 0. The van der Waals surface area contributed by atoms with Crippen LogP contribution < -0.4 is 4.90 Å². The molecular formula is C27H26FNO4. The number of halogens is 1. The van der Waals surface area contributed by atoms with Crippen molar-refractivity contribution in [2.75, 3.05) is 4.90 Å². The summed E-state index contributed by atoms with van der Waals surface area (Å²) in [4.78, 5) is 26.6. The Labute approximate surface area is 192 Å². The first-order valence-corrected chi connectivity index (χ1v) is 10.9. The second kappa shape index (κ2) is 9.45. The minimum absolute atomic E-state index is 0.0213. The number of benzene rings is 3. The van der Waals surface area contributed by atoms with Gasteiger partial charge >= 0.3 is 5.97 Å². The zero-order chi connectivity index (χ0) is 23.5. The van der Waals surface area contributed by atoms with E-state index in [-0.39, 0.29) is 29.4 Å². The maximum absolute atomic E-state index is 13.4. The van der Waals surface area contributed by atoms with Gasteiger partial charge in [-0.3, -0.25) is 9.59 Å². The molecule has 0 radical (unpaired) electrons. The standard InChI is InChI=1S/C27H26FNO4/c1-17-3-5-20(6-4-17)26-24(27(32)29(26)22-11-13-23(31)14-12-22)15-16-25(33-18(2)30)19-7-9-21(28)10-8-19/h3-14,24-26,31H,15-16H2,1-2H3. The molecule has 33 heavy (non-hydrogen) atoms. The van der Waals surface area contributed by atoms with E-state index < -0.39 is 12.1 Å². The minimum Gasteiger partial charge on any atom is -0.508 e. The van der Waals surface area contributed by atoms with E-state index in [9.17, 15) is 19.1 Å². The Bertz CT molecular complexity index is 1130. The van der Waals surface area contributed by atoms with Gasteiger partial charge in [-0.25, -0.2) is 4.39 Å². The molecule has 0 bridgehead atoms. The SMILES string of the molecule is CC(=O)OC(CCC1C(=O)N(c2ccc(O)cc2)C1c1ccc(C)cc1)c1ccc(F)cc1. The number of β-lactam (4-membered cyclic amide) rings is 1. The molecule has 0 saturated carbocycles. The van der Waals surface area contributed by atoms with Gasteiger partial charge in [0, 0.05) is 12.6 Å². The summed E-state index contributed by atoms with van der Waals surface area (Å²) in [6.07, 6.45) is 0.381. The Kier molecular flexibility index (Phi) is 6.45. The van der Waals surface area contributed by atoms with Crippen LogP contribution in [0.4, 0.5) is 10.1 Å². The first-order chi connectivity index (χ1) is 15.8. The van der Waals surface area contributed by atoms with Crippen molar-refractivity contribution in [2.45, 2.75) is 38.8 Å². The lowest BCUT2D eigenvalue weighted by molar-refractivity contribution is -0.147. The Hall–Kier alpha value is -3.67. The molecule has 3 aromatic carbocycles. The van der Waals surface area contributed by atoms with Crippen LogP contribution in [0.2, 0.25) is 0 Å². The number of amides is 1. The van der Waals surface area contributed by atoms with Gasteiger partial charge < -0.3 is 14.7 Å². The van der Waals surface area contributed by atoms with Gasteiger partial charge in [0.25, 0.3) is 0 Å². The van der Waals surface area contributed by atoms with E-state index >= 15 is 0 Å². The number of hydrogen-bond donors (Lipinski definition) is 1. The van der Waals surface area contributed by atoms with Gasteiger partial charge in [0.2, 0.25) is 5.91 Å². The van der Waals surface area contributed by atoms with Crippen molar-refractivity contribution in [3.8, 4) is 5.75 Å². The highest BCUT2D eigenvalue weighted by Crippen LogP contribution is 2.46. The van der Waals surface area contributed by atoms with E-state index in [0.29, 0.717) is 18.4 Å². The van der Waals surface area contributed by atoms with Crippen LogP contribution in [0.25, 0.3) is 0 Å². The van der Waals surface area contributed by atoms with Gasteiger partial charge in [0.15, 0.2) is 0 Å². The maximum Gasteiger partial charge on any atom is 0.303 e. The number of phenolic OH excluding ortho intramolecular Hbond substituents is 1. The summed E-state index contributed by atoms with van der Waals surface area (Å²) < 4.78 is 18.9. The molecule has 1 amide bonds. The Morgan fingerprint density at radius 1 is 1.03 bits per heavy atom. The number of anilines is 1. The lowest BCUT2D eigenvalue weighted by atomic mass is 9.78. The van der Waals surface area contributed by atoms with Crippen LogP contribution in [0, 0.1) is 18.7 Å². The average molecular weight is 448 g/mol. The quantitative estimate of drug-likeness (QED) is 0.377. The molecule has 1 aliphatic heterocycles. The topological polar surface area (TPSA) is 66.8 Å². The number of phenols is 1. The number of hydrogen-bond acceptors (Lipinski definition) is 4. The van der Waals surface area contributed by atoms with Gasteiger partial charge in [-0.15, -0.1) is 0 Å². The Morgan fingerprint density at radius 2 is 1.67 bits per heavy atom. The smallest absolute Gasteiger partial charge is 0.303 e. The van der Waals surface area contributed by atoms with Crippen LogP contribution in [0.1, 0.15) is 48.6 Å². The van der Waals surface area contributed by atoms with Crippen LogP contribution in [0.5, 0.6) is 5.75 Å². The van der Waals surface area contributed by atoms with Crippen molar-refractivity contribution < 1.29 is 23.8 Å². The van der Waals surface area contributed by atoms with Crippen molar-refractivity contribution in [2.24, 2.45) is 5.92 Å². The third-order valence-corrected chi connectivity index (χ3v) is 6.05. The van der Waals surface area contributed by atoms with Gasteiger partial charge in [0.1, 0.15) is 17.7 Å². The molecule has 1 saturated heterocycles. The zero-order valence-corrected chi connectivity index (χ0v) is 18.6. The number of nitrogens with zero attached hydrogens (tertiary/aromatic N) is 1. The number of carbonyl (C=O) groups is 2. The van der Waals surface area contributed by atoms with Crippen molar-refractivity contribution in [1.29, 1.82) is 0 Å². The molecule has 1 heterocycles. The summed E-state index contributed by atoms with van der Waals surface area (Å²) in [6, 6.07) is 20.4. The second-order valence-electron chi connectivity index (χ2n) is 8.41. The fourth-order valence-electron chi connectivity index (χ4n) is 4.38. The van der Waals surface area contributed by atoms with E-state index in [2.05, 4.69) is 0 Å². The Balaban J connectivity index is 1.58. The summed E-state index contributed by atoms with van der Waals surface area (Å²) in [7, 11) is 0. The highest BCUT2D eigenvalue weighted by atomic mass is 19.1. The lowest BCUT2D eigenvalue weighted by Gasteiger charge is -2.48. The molecule has 0 aromatic heterocycles. The van der Waals surface area contributed by atoms with E-state index in [4.69, 9.17) is 4.74 Å². The van der Waals surface area contributed by atoms with Crippen LogP contribution >= 0.6 is 0 Å². The molecule has 1 fully saturated rings. The Morgan fingerprint density at radius 3 is 2.27 bits per heavy atom. The monoisotopic (exact) mass is 447 g/mol. The number of aromatic hydroxyl groups is 1. The van der Waals surface area contributed by atoms with Crippen LogP contribution in [0.3, 0.4) is 0 Å². The number of carbonyl (C=O) groups excluding carboxylic acids is 2. The summed E-state index contributed by atoms with van der Waals surface area (Å²) in [5.41, 5.74) is 3.56. The molecule has 4 rings (SSSR count). The molecule has 0 aliphatic carbocycles.